The number of nitrogens with one attached hydrogen (secondary N) is 1. The minimum absolute atomic E-state index is 0. The highest BCUT2D eigenvalue weighted by molar-refractivity contribution is 14.0. The second-order valence-corrected chi connectivity index (χ2v) is 5.79. The van der Waals surface area contributed by atoms with E-state index in [9.17, 15) is 18.0 Å². The summed E-state index contributed by atoms with van der Waals surface area (Å²) in [5.74, 6) is 0.309. The van der Waals surface area contributed by atoms with Gasteiger partial charge >= 0.3 is 12.1 Å². The average Bonchev–Trinajstić information content (AvgIpc) is 2.56. The Kier molecular flexibility index (Phi) is 13.0. The number of hydrogen-bond acceptors (Lipinski definition) is 4. The lowest BCUT2D eigenvalue weighted by molar-refractivity contribution is -0.173. The molecule has 0 saturated carbocycles. The molecule has 1 aliphatic heterocycles. The first-order valence-electron chi connectivity index (χ1n) is 8.71. The molecule has 1 saturated heterocycles. The van der Waals surface area contributed by atoms with Crippen LogP contribution in [0.5, 0.6) is 0 Å². The molecule has 1 N–H and O–H groups in total. The van der Waals surface area contributed by atoms with Crippen LogP contribution in [0.3, 0.4) is 0 Å². The number of alkyl halides is 3. The third-order valence-electron chi connectivity index (χ3n) is 3.65. The van der Waals surface area contributed by atoms with Crippen molar-refractivity contribution in [2.24, 2.45) is 10.9 Å². The lowest BCUT2D eigenvalue weighted by atomic mass is 9.98. The first-order chi connectivity index (χ1) is 11.9. The van der Waals surface area contributed by atoms with Gasteiger partial charge in [-0.1, -0.05) is 0 Å². The van der Waals surface area contributed by atoms with E-state index in [-0.39, 0.29) is 42.5 Å². The summed E-state index contributed by atoms with van der Waals surface area (Å²) in [6.07, 6.45) is -2.24. The lowest BCUT2D eigenvalue weighted by Crippen LogP contribution is -2.48. The van der Waals surface area contributed by atoms with E-state index >= 15 is 0 Å². The molecule has 1 fully saturated rings. The van der Waals surface area contributed by atoms with Crippen LogP contribution in [0, 0.1) is 5.92 Å². The first kappa shape index (κ1) is 25.2. The molecular weight excluding hydrogens is 466 g/mol. The number of ether oxygens (including phenoxy) is 2. The van der Waals surface area contributed by atoms with E-state index in [1.807, 2.05) is 11.8 Å². The Balaban J connectivity index is 0.00000625. The molecule has 0 radical (unpaired) electrons. The summed E-state index contributed by atoms with van der Waals surface area (Å²) < 4.78 is 45.6. The third kappa shape index (κ3) is 10.4. The van der Waals surface area contributed by atoms with Crippen molar-refractivity contribution in [3.63, 3.8) is 0 Å². The number of aliphatic imine (C=N–C) groups is 1. The van der Waals surface area contributed by atoms with E-state index in [1.165, 1.54) is 0 Å². The van der Waals surface area contributed by atoms with Gasteiger partial charge in [0, 0.05) is 32.8 Å². The van der Waals surface area contributed by atoms with E-state index in [2.05, 4.69) is 15.0 Å². The molecular formula is C16H29F3IN3O3. The maximum Gasteiger partial charge on any atom is 0.411 e. The summed E-state index contributed by atoms with van der Waals surface area (Å²) in [7, 11) is 0. The van der Waals surface area contributed by atoms with Crippen molar-refractivity contribution in [3.8, 4) is 0 Å². The number of hydrogen-bond donors (Lipinski definition) is 1. The molecule has 1 rings (SSSR count). The highest BCUT2D eigenvalue weighted by atomic mass is 127. The van der Waals surface area contributed by atoms with Gasteiger partial charge in [-0.15, -0.1) is 24.0 Å². The Bertz CT molecular complexity index is 437. The molecule has 0 aliphatic carbocycles. The largest absolute Gasteiger partial charge is 0.466 e. The van der Waals surface area contributed by atoms with Gasteiger partial charge < -0.3 is 19.7 Å². The van der Waals surface area contributed by atoms with Crippen molar-refractivity contribution in [1.29, 1.82) is 0 Å². The van der Waals surface area contributed by atoms with Gasteiger partial charge in [0.2, 0.25) is 0 Å². The summed E-state index contributed by atoms with van der Waals surface area (Å²) in [6, 6.07) is 0. The summed E-state index contributed by atoms with van der Waals surface area (Å²) >= 11 is 0. The summed E-state index contributed by atoms with van der Waals surface area (Å²) in [4.78, 5) is 18.4. The van der Waals surface area contributed by atoms with Gasteiger partial charge in [0.05, 0.1) is 12.5 Å². The van der Waals surface area contributed by atoms with E-state index in [0.29, 0.717) is 38.6 Å². The summed E-state index contributed by atoms with van der Waals surface area (Å²) in [6.45, 7) is 5.21. The molecule has 10 heteroatoms. The number of carbonyl (C=O) groups excluding carboxylic acids is 1. The molecule has 0 spiro atoms. The fourth-order valence-corrected chi connectivity index (χ4v) is 2.59. The van der Waals surface area contributed by atoms with Crippen molar-refractivity contribution in [1.82, 2.24) is 10.2 Å². The topological polar surface area (TPSA) is 63.2 Å². The van der Waals surface area contributed by atoms with Crippen LogP contribution in [0.1, 0.15) is 33.1 Å². The molecule has 0 aromatic carbocycles. The fraction of sp³-hybridized carbons (Fsp3) is 0.875. The minimum Gasteiger partial charge on any atom is -0.466 e. The number of rotatable bonds is 8. The molecule has 0 bridgehead atoms. The Morgan fingerprint density at radius 1 is 1.35 bits per heavy atom. The number of nitrogens with zero attached hydrogens (tertiary/aromatic N) is 2. The number of carbonyl (C=O) groups is 1. The van der Waals surface area contributed by atoms with Crippen molar-refractivity contribution < 1.29 is 27.4 Å². The molecule has 1 atom stereocenters. The van der Waals surface area contributed by atoms with E-state index in [0.717, 1.165) is 19.4 Å². The van der Waals surface area contributed by atoms with Gasteiger partial charge in [0.1, 0.15) is 6.61 Å². The highest BCUT2D eigenvalue weighted by Crippen LogP contribution is 2.18. The molecule has 1 aliphatic rings. The van der Waals surface area contributed by atoms with Crippen molar-refractivity contribution in [2.75, 3.05) is 46.0 Å². The van der Waals surface area contributed by atoms with Crippen LogP contribution >= 0.6 is 24.0 Å². The molecule has 1 heterocycles. The highest BCUT2D eigenvalue weighted by Gasteiger charge is 2.28. The third-order valence-corrected chi connectivity index (χ3v) is 3.65. The Hall–Kier alpha value is -0.780. The second-order valence-electron chi connectivity index (χ2n) is 5.79. The summed E-state index contributed by atoms with van der Waals surface area (Å²) in [5.41, 5.74) is 0. The van der Waals surface area contributed by atoms with Crippen LogP contribution in [0.2, 0.25) is 0 Å². The van der Waals surface area contributed by atoms with E-state index < -0.39 is 12.8 Å². The van der Waals surface area contributed by atoms with Crippen molar-refractivity contribution in [3.05, 3.63) is 0 Å². The van der Waals surface area contributed by atoms with Crippen molar-refractivity contribution in [2.45, 2.75) is 39.3 Å². The predicted octanol–water partition coefficient (Wildman–Crippen LogP) is 2.81. The molecule has 0 aromatic rings. The van der Waals surface area contributed by atoms with Crippen LogP contribution in [-0.2, 0) is 14.3 Å². The maximum absolute atomic E-state index is 12.0. The van der Waals surface area contributed by atoms with E-state index in [1.54, 1.807) is 6.92 Å². The number of guanidine groups is 1. The van der Waals surface area contributed by atoms with Crippen LogP contribution < -0.4 is 5.32 Å². The zero-order valence-electron chi connectivity index (χ0n) is 15.3. The van der Waals surface area contributed by atoms with Gasteiger partial charge in [-0.25, -0.2) is 0 Å². The maximum atomic E-state index is 12.0. The average molecular weight is 495 g/mol. The van der Waals surface area contributed by atoms with Gasteiger partial charge in [-0.3, -0.25) is 9.79 Å². The van der Waals surface area contributed by atoms with Gasteiger partial charge in [-0.2, -0.15) is 13.2 Å². The van der Waals surface area contributed by atoms with Crippen LogP contribution in [0.25, 0.3) is 0 Å². The number of piperidine rings is 1. The molecule has 6 nitrogen and oxygen atoms in total. The van der Waals surface area contributed by atoms with Crippen molar-refractivity contribution >= 4 is 35.9 Å². The van der Waals surface area contributed by atoms with Crippen LogP contribution in [0.4, 0.5) is 13.2 Å². The molecule has 0 amide bonds. The van der Waals surface area contributed by atoms with Crippen LogP contribution in [0.15, 0.2) is 4.99 Å². The van der Waals surface area contributed by atoms with E-state index in [4.69, 9.17) is 4.74 Å². The van der Waals surface area contributed by atoms with Gasteiger partial charge in [0.25, 0.3) is 0 Å². The van der Waals surface area contributed by atoms with Gasteiger partial charge in [0.15, 0.2) is 5.96 Å². The van der Waals surface area contributed by atoms with Gasteiger partial charge in [-0.05, 0) is 33.1 Å². The SMILES string of the molecule is CCNC(=NCCCOCC(F)(F)F)N1CCCC(C(=O)OCC)C1.I. The second kappa shape index (κ2) is 13.4. The molecule has 1 unspecified atom stereocenters. The van der Waals surface area contributed by atoms with Crippen LogP contribution in [-0.4, -0.2) is 69.0 Å². The Labute approximate surface area is 169 Å². The normalized spacial score (nSPS) is 18.3. The first-order valence-corrected chi connectivity index (χ1v) is 8.71. The zero-order chi connectivity index (χ0) is 18.7. The minimum atomic E-state index is -4.30. The smallest absolute Gasteiger partial charge is 0.411 e. The Morgan fingerprint density at radius 3 is 2.69 bits per heavy atom. The number of halogens is 4. The predicted molar refractivity (Wildman–Crippen MR) is 104 cm³/mol. The number of likely N-dealkylation sites (tertiary alicyclic amines) is 1. The Morgan fingerprint density at radius 2 is 2.08 bits per heavy atom. The standard InChI is InChI=1S/C16H28F3N3O3.HI/c1-3-20-15(21-8-6-10-24-12-16(17,18)19)22-9-5-7-13(11-22)14(23)25-4-2;/h13H,3-12H2,1-2H3,(H,20,21);1H. The number of esters is 1. The quantitative estimate of drug-likeness (QED) is 0.185. The molecule has 0 aromatic heterocycles. The molecule has 26 heavy (non-hydrogen) atoms. The molecule has 154 valence electrons. The summed E-state index contributed by atoms with van der Waals surface area (Å²) in [5, 5.41) is 3.16. The lowest BCUT2D eigenvalue weighted by Gasteiger charge is -2.34. The fourth-order valence-electron chi connectivity index (χ4n) is 2.59. The monoisotopic (exact) mass is 495 g/mol. The zero-order valence-corrected chi connectivity index (χ0v) is 17.6.